The summed E-state index contributed by atoms with van der Waals surface area (Å²) in [5.74, 6) is -0.792. The number of hydrogen-bond donors (Lipinski definition) is 2. The number of hydrogen-bond acceptors (Lipinski definition) is 3. The molecule has 0 atom stereocenters. The predicted octanol–water partition coefficient (Wildman–Crippen LogP) is 1.43. The van der Waals surface area contributed by atoms with Gasteiger partial charge in [0.05, 0.1) is 5.52 Å². The average molecular weight is 318 g/mol. The van der Waals surface area contributed by atoms with Crippen molar-refractivity contribution < 1.29 is 15.0 Å². The Morgan fingerprint density at radius 1 is 1.53 bits per heavy atom. The lowest BCUT2D eigenvalue weighted by Gasteiger charge is -1.98. The van der Waals surface area contributed by atoms with E-state index in [0.717, 1.165) is 5.39 Å². The maximum absolute atomic E-state index is 10.6. The molecule has 0 saturated carbocycles. The van der Waals surface area contributed by atoms with E-state index in [2.05, 4.69) is 5.10 Å². The second kappa shape index (κ2) is 3.69. The van der Waals surface area contributed by atoms with E-state index < -0.39 is 5.97 Å². The number of carbonyl (C=O) groups is 1. The summed E-state index contributed by atoms with van der Waals surface area (Å²) >= 11 is 2.01. The van der Waals surface area contributed by atoms with E-state index >= 15 is 0 Å². The van der Waals surface area contributed by atoms with Crippen LogP contribution in [0.2, 0.25) is 0 Å². The molecule has 0 unspecified atom stereocenters. The lowest BCUT2D eigenvalue weighted by molar-refractivity contribution is -0.137. The van der Waals surface area contributed by atoms with Crippen molar-refractivity contribution in [2.24, 2.45) is 0 Å². The Kier molecular flexibility index (Phi) is 2.51. The van der Waals surface area contributed by atoms with Gasteiger partial charge in [-0.1, -0.05) is 0 Å². The summed E-state index contributed by atoms with van der Waals surface area (Å²) in [6, 6.07) is 4.74. The fourth-order valence-corrected chi connectivity index (χ4v) is 2.07. The largest absolute Gasteiger partial charge is 0.508 e. The molecule has 2 N–H and O–H groups in total. The van der Waals surface area contributed by atoms with E-state index in [0.29, 0.717) is 9.22 Å². The lowest BCUT2D eigenvalue weighted by atomic mass is 10.2. The number of rotatable bonds is 2. The fourth-order valence-electron chi connectivity index (χ4n) is 1.38. The van der Waals surface area contributed by atoms with Crippen LogP contribution in [0.4, 0.5) is 0 Å². The molecule has 0 fully saturated rings. The van der Waals surface area contributed by atoms with Crippen molar-refractivity contribution in [3.63, 3.8) is 0 Å². The Balaban J connectivity index is 2.62. The standard InChI is InChI=1S/C9H7IN2O3/c10-9-6-3-5(13)1-2-7(6)12(11-9)4-8(14)15/h1-3,13H,4H2,(H,14,15). The molecular formula is C9H7IN2O3. The van der Waals surface area contributed by atoms with Crippen molar-refractivity contribution >= 4 is 39.5 Å². The minimum atomic E-state index is -0.941. The maximum Gasteiger partial charge on any atom is 0.325 e. The van der Waals surface area contributed by atoms with Gasteiger partial charge in [-0.15, -0.1) is 0 Å². The number of aromatic nitrogens is 2. The quantitative estimate of drug-likeness (QED) is 0.822. The van der Waals surface area contributed by atoms with Gasteiger partial charge in [0.25, 0.3) is 0 Å². The second-order valence-corrected chi connectivity index (χ2v) is 4.07. The minimum Gasteiger partial charge on any atom is -0.508 e. The first kappa shape index (κ1) is 10.2. The van der Waals surface area contributed by atoms with Crippen LogP contribution in [0.1, 0.15) is 0 Å². The Morgan fingerprint density at radius 2 is 2.27 bits per heavy atom. The highest BCUT2D eigenvalue weighted by molar-refractivity contribution is 14.1. The molecule has 5 nitrogen and oxygen atoms in total. The summed E-state index contributed by atoms with van der Waals surface area (Å²) in [7, 11) is 0. The molecule has 0 aliphatic rings. The average Bonchev–Trinajstić information content (AvgIpc) is 2.42. The Hall–Kier alpha value is -1.31. The predicted molar refractivity (Wildman–Crippen MR) is 61.8 cm³/mol. The molecule has 0 aliphatic carbocycles. The molecule has 0 aliphatic heterocycles. The second-order valence-electron chi connectivity index (χ2n) is 3.04. The molecule has 1 aromatic heterocycles. The van der Waals surface area contributed by atoms with Gasteiger partial charge in [-0.3, -0.25) is 9.48 Å². The van der Waals surface area contributed by atoms with E-state index in [1.54, 1.807) is 12.1 Å². The van der Waals surface area contributed by atoms with Crippen LogP contribution in [0.15, 0.2) is 18.2 Å². The van der Waals surface area contributed by atoms with Crippen LogP contribution < -0.4 is 0 Å². The third-order valence-corrected chi connectivity index (χ3v) is 2.77. The van der Waals surface area contributed by atoms with Crippen molar-refractivity contribution in [1.82, 2.24) is 9.78 Å². The van der Waals surface area contributed by atoms with Crippen LogP contribution in [-0.2, 0) is 11.3 Å². The highest BCUT2D eigenvalue weighted by atomic mass is 127. The van der Waals surface area contributed by atoms with E-state index in [-0.39, 0.29) is 12.3 Å². The van der Waals surface area contributed by atoms with Gasteiger partial charge in [0.2, 0.25) is 0 Å². The minimum absolute atomic E-state index is 0.148. The van der Waals surface area contributed by atoms with Crippen LogP contribution in [0.25, 0.3) is 10.9 Å². The number of aliphatic carboxylic acids is 1. The van der Waals surface area contributed by atoms with Gasteiger partial charge in [-0.25, -0.2) is 0 Å². The van der Waals surface area contributed by atoms with Crippen LogP contribution in [0, 0.1) is 3.70 Å². The molecule has 0 saturated heterocycles. The molecule has 0 radical (unpaired) electrons. The number of phenolic OH excluding ortho intramolecular Hbond substituents is 1. The van der Waals surface area contributed by atoms with Gasteiger partial charge >= 0.3 is 5.97 Å². The number of carboxylic acid groups (broad SMARTS) is 1. The van der Waals surface area contributed by atoms with Crippen molar-refractivity contribution in [2.45, 2.75) is 6.54 Å². The summed E-state index contributed by atoms with van der Waals surface area (Å²) in [5.41, 5.74) is 0.708. The summed E-state index contributed by atoms with van der Waals surface area (Å²) in [6.07, 6.45) is 0. The van der Waals surface area contributed by atoms with Crippen LogP contribution in [-0.4, -0.2) is 26.0 Å². The molecule has 0 bridgehead atoms. The molecule has 0 amide bonds. The van der Waals surface area contributed by atoms with E-state index in [1.807, 2.05) is 22.6 Å². The molecule has 6 heteroatoms. The van der Waals surface area contributed by atoms with Crippen molar-refractivity contribution in [2.75, 3.05) is 0 Å². The number of nitrogens with zero attached hydrogens (tertiary/aromatic N) is 2. The topological polar surface area (TPSA) is 75.3 Å². The van der Waals surface area contributed by atoms with Gasteiger partial charge in [0.1, 0.15) is 16.0 Å². The molecular weight excluding hydrogens is 311 g/mol. The number of halogens is 1. The van der Waals surface area contributed by atoms with E-state index in [4.69, 9.17) is 5.11 Å². The SMILES string of the molecule is O=C(O)Cn1nc(I)c2cc(O)ccc21. The highest BCUT2D eigenvalue weighted by Crippen LogP contribution is 2.24. The first-order valence-corrected chi connectivity index (χ1v) is 5.22. The monoisotopic (exact) mass is 318 g/mol. The molecule has 78 valence electrons. The molecule has 1 heterocycles. The third-order valence-electron chi connectivity index (χ3n) is 1.97. The van der Waals surface area contributed by atoms with Crippen molar-refractivity contribution in [3.8, 4) is 5.75 Å². The number of fused-ring (bicyclic) bond motifs is 1. The first-order valence-electron chi connectivity index (χ1n) is 4.15. The zero-order valence-electron chi connectivity index (χ0n) is 7.51. The summed E-state index contributed by atoms with van der Waals surface area (Å²) in [4.78, 5) is 10.6. The molecule has 2 aromatic rings. The zero-order chi connectivity index (χ0) is 11.0. The summed E-state index contributed by atoms with van der Waals surface area (Å²) in [6.45, 7) is -0.176. The lowest BCUT2D eigenvalue weighted by Crippen LogP contribution is -2.09. The zero-order valence-corrected chi connectivity index (χ0v) is 9.67. The Bertz CT molecular complexity index is 535. The first-order chi connectivity index (χ1) is 7.08. The number of benzene rings is 1. The smallest absolute Gasteiger partial charge is 0.325 e. The third kappa shape index (κ3) is 1.89. The van der Waals surface area contributed by atoms with Gasteiger partial charge in [0.15, 0.2) is 0 Å². The van der Waals surface area contributed by atoms with Crippen molar-refractivity contribution in [3.05, 3.63) is 21.9 Å². The van der Waals surface area contributed by atoms with Crippen LogP contribution in [0.5, 0.6) is 5.75 Å². The molecule has 15 heavy (non-hydrogen) atoms. The molecule has 1 aromatic carbocycles. The Labute approximate surface area is 98.5 Å². The van der Waals surface area contributed by atoms with Gasteiger partial charge in [0, 0.05) is 5.39 Å². The van der Waals surface area contributed by atoms with Crippen LogP contribution in [0.3, 0.4) is 0 Å². The molecule has 2 rings (SSSR count). The summed E-state index contributed by atoms with van der Waals surface area (Å²) in [5, 5.41) is 22.8. The van der Waals surface area contributed by atoms with Gasteiger partial charge in [-0.05, 0) is 40.8 Å². The number of aromatic hydroxyl groups is 1. The van der Waals surface area contributed by atoms with Crippen molar-refractivity contribution in [1.29, 1.82) is 0 Å². The maximum atomic E-state index is 10.6. The highest BCUT2D eigenvalue weighted by Gasteiger charge is 2.10. The van der Waals surface area contributed by atoms with E-state index in [9.17, 15) is 9.90 Å². The van der Waals surface area contributed by atoms with E-state index in [1.165, 1.54) is 10.7 Å². The van der Waals surface area contributed by atoms with Crippen LogP contribution >= 0.6 is 22.6 Å². The number of carboxylic acids is 1. The number of phenols is 1. The summed E-state index contributed by atoms with van der Waals surface area (Å²) < 4.78 is 2.08. The molecule has 0 spiro atoms. The van der Waals surface area contributed by atoms with Gasteiger partial charge < -0.3 is 10.2 Å². The fraction of sp³-hybridized carbons (Fsp3) is 0.111. The normalized spacial score (nSPS) is 10.7. The van der Waals surface area contributed by atoms with Gasteiger partial charge in [-0.2, -0.15) is 5.10 Å². The Morgan fingerprint density at radius 3 is 2.93 bits per heavy atom.